The largest absolute Gasteiger partial charge is 0.300 e. The molecule has 92 valence electrons. The molecule has 1 aromatic heterocycles. The molecule has 0 spiro atoms. The molecule has 2 rings (SSSR count). The molecule has 1 aromatic rings. The van der Waals surface area contributed by atoms with Gasteiger partial charge in [-0.15, -0.1) is 5.10 Å². The molecule has 17 heavy (non-hydrogen) atoms. The van der Waals surface area contributed by atoms with Crippen LogP contribution in [0, 0.1) is 17.8 Å². The Labute approximate surface area is 100 Å². The van der Waals surface area contributed by atoms with E-state index in [2.05, 4.69) is 10.3 Å². The molecule has 0 aromatic carbocycles. The summed E-state index contributed by atoms with van der Waals surface area (Å²) in [5.41, 5.74) is 0.935. The van der Waals surface area contributed by atoms with Gasteiger partial charge in [-0.05, 0) is 26.2 Å². The molecule has 0 unspecified atom stereocenters. The first kappa shape index (κ1) is 12.0. The van der Waals surface area contributed by atoms with E-state index in [1.165, 1.54) is 0 Å². The normalized spacial score (nSPS) is 26.9. The topological polar surface area (TPSA) is 64.8 Å². The Morgan fingerprint density at radius 1 is 1.29 bits per heavy atom. The third-order valence-electron chi connectivity index (χ3n) is 3.45. The number of ketones is 2. The van der Waals surface area contributed by atoms with Crippen LogP contribution in [0.5, 0.6) is 0 Å². The summed E-state index contributed by atoms with van der Waals surface area (Å²) in [6.07, 6.45) is 2.73. The summed E-state index contributed by atoms with van der Waals surface area (Å²) in [5.74, 6) is 0.0945. The number of aryl methyl sites for hydroxylation is 1. The predicted molar refractivity (Wildman–Crippen MR) is 61.2 cm³/mol. The summed E-state index contributed by atoms with van der Waals surface area (Å²) >= 11 is 0. The van der Waals surface area contributed by atoms with E-state index in [-0.39, 0.29) is 29.3 Å². The third kappa shape index (κ3) is 2.28. The van der Waals surface area contributed by atoms with Gasteiger partial charge >= 0.3 is 0 Å². The lowest BCUT2D eigenvalue weighted by Gasteiger charge is -1.97. The van der Waals surface area contributed by atoms with Crippen LogP contribution in [0.2, 0.25) is 0 Å². The summed E-state index contributed by atoms with van der Waals surface area (Å²) < 4.78 is 1.74. The minimum atomic E-state index is -0.109. The predicted octanol–water partition coefficient (Wildman–Crippen LogP) is 0.881. The highest BCUT2D eigenvalue weighted by atomic mass is 16.1. The summed E-state index contributed by atoms with van der Waals surface area (Å²) in [6.45, 7) is 5.74. The van der Waals surface area contributed by atoms with Crippen molar-refractivity contribution in [2.24, 2.45) is 17.8 Å². The van der Waals surface area contributed by atoms with Crippen LogP contribution >= 0.6 is 0 Å². The highest BCUT2D eigenvalue weighted by Gasteiger charge is 2.55. The third-order valence-corrected chi connectivity index (χ3v) is 3.45. The second kappa shape index (κ2) is 4.39. The van der Waals surface area contributed by atoms with E-state index < -0.39 is 0 Å². The van der Waals surface area contributed by atoms with Crippen molar-refractivity contribution in [3.8, 4) is 0 Å². The van der Waals surface area contributed by atoms with Crippen molar-refractivity contribution in [1.29, 1.82) is 0 Å². The van der Waals surface area contributed by atoms with Gasteiger partial charge in [0.25, 0.3) is 0 Å². The fraction of sp³-hybridized carbons (Fsp3) is 0.667. The van der Waals surface area contributed by atoms with Gasteiger partial charge in [-0.2, -0.15) is 0 Å². The minimum absolute atomic E-state index is 0.103. The minimum Gasteiger partial charge on any atom is -0.300 e. The highest BCUT2D eigenvalue weighted by Crippen LogP contribution is 2.48. The molecule has 0 N–H and O–H groups in total. The van der Waals surface area contributed by atoms with Crippen LogP contribution in [-0.4, -0.2) is 26.6 Å². The lowest BCUT2D eigenvalue weighted by atomic mass is 10.2. The lowest BCUT2D eigenvalue weighted by Crippen LogP contribution is -2.05. The van der Waals surface area contributed by atoms with Gasteiger partial charge in [-0.3, -0.25) is 14.3 Å². The van der Waals surface area contributed by atoms with E-state index in [1.807, 2.05) is 13.1 Å². The van der Waals surface area contributed by atoms with Gasteiger partial charge in [0, 0.05) is 24.6 Å². The van der Waals surface area contributed by atoms with Crippen LogP contribution < -0.4 is 0 Å². The molecule has 5 nitrogen and oxygen atoms in total. The Bertz CT molecular complexity index is 432. The van der Waals surface area contributed by atoms with Gasteiger partial charge in [0.2, 0.25) is 0 Å². The van der Waals surface area contributed by atoms with E-state index in [4.69, 9.17) is 0 Å². The Hall–Kier alpha value is -1.52. The molecule has 1 fully saturated rings. The molecular weight excluding hydrogens is 218 g/mol. The lowest BCUT2D eigenvalue weighted by molar-refractivity contribution is -0.122. The molecule has 1 aliphatic rings. The molecule has 1 heterocycles. The van der Waals surface area contributed by atoms with Gasteiger partial charge in [-0.25, -0.2) is 0 Å². The van der Waals surface area contributed by atoms with Crippen LogP contribution in [0.25, 0.3) is 0 Å². The zero-order valence-corrected chi connectivity index (χ0v) is 10.4. The molecular formula is C12H17N3O2. The van der Waals surface area contributed by atoms with Gasteiger partial charge in [0.1, 0.15) is 11.6 Å². The van der Waals surface area contributed by atoms with Crippen molar-refractivity contribution in [2.75, 3.05) is 0 Å². The Kier molecular flexibility index (Phi) is 3.09. The van der Waals surface area contributed by atoms with Crippen molar-refractivity contribution >= 4 is 11.6 Å². The van der Waals surface area contributed by atoms with E-state index in [0.29, 0.717) is 6.54 Å². The zero-order valence-electron chi connectivity index (χ0n) is 10.4. The molecule has 0 radical (unpaired) electrons. The van der Waals surface area contributed by atoms with Crippen LogP contribution in [0.1, 0.15) is 26.5 Å². The maximum Gasteiger partial charge on any atom is 0.134 e. The zero-order chi connectivity index (χ0) is 12.6. The van der Waals surface area contributed by atoms with Crippen LogP contribution in [0.15, 0.2) is 6.20 Å². The van der Waals surface area contributed by atoms with Crippen molar-refractivity contribution in [1.82, 2.24) is 15.0 Å². The van der Waals surface area contributed by atoms with Crippen molar-refractivity contribution in [3.05, 3.63) is 11.9 Å². The van der Waals surface area contributed by atoms with Crippen molar-refractivity contribution in [2.45, 2.75) is 33.7 Å². The SMILES string of the molecule is CCc1cn(CC2[C@@H](C(C)=O)[C@@H]2C(C)=O)nn1. The number of rotatable bonds is 5. The van der Waals surface area contributed by atoms with Crippen LogP contribution in [-0.2, 0) is 22.6 Å². The molecule has 0 aliphatic heterocycles. The van der Waals surface area contributed by atoms with Crippen molar-refractivity contribution in [3.63, 3.8) is 0 Å². The number of nitrogens with zero attached hydrogens (tertiary/aromatic N) is 3. The summed E-state index contributed by atoms with van der Waals surface area (Å²) in [4.78, 5) is 22.8. The molecule has 2 atom stereocenters. The second-order valence-electron chi connectivity index (χ2n) is 4.72. The molecule has 1 saturated carbocycles. The standard InChI is InChI=1S/C12H17N3O2/c1-4-9-5-15(14-13-9)6-10-11(7(2)16)12(10)8(3)17/h5,10-12H,4,6H2,1-3H3/t11-,12-/m1/s1. The first-order valence-corrected chi connectivity index (χ1v) is 5.94. The Morgan fingerprint density at radius 2 is 1.88 bits per heavy atom. The molecule has 0 amide bonds. The van der Waals surface area contributed by atoms with Crippen LogP contribution in [0.3, 0.4) is 0 Å². The van der Waals surface area contributed by atoms with Gasteiger partial charge in [-0.1, -0.05) is 12.1 Å². The first-order chi connectivity index (χ1) is 8.04. The Morgan fingerprint density at radius 3 is 2.29 bits per heavy atom. The number of hydrogen-bond donors (Lipinski definition) is 0. The number of Topliss-reactive ketones (excluding diaryl/α,β-unsaturated/α-hetero) is 2. The first-order valence-electron chi connectivity index (χ1n) is 5.94. The van der Waals surface area contributed by atoms with E-state index in [0.717, 1.165) is 12.1 Å². The fourth-order valence-corrected chi connectivity index (χ4v) is 2.52. The van der Waals surface area contributed by atoms with Crippen molar-refractivity contribution < 1.29 is 9.59 Å². The quantitative estimate of drug-likeness (QED) is 0.760. The Balaban J connectivity index is 2.04. The molecule has 0 bridgehead atoms. The van der Waals surface area contributed by atoms with Gasteiger partial charge in [0.05, 0.1) is 5.69 Å². The maximum absolute atomic E-state index is 11.4. The highest BCUT2D eigenvalue weighted by molar-refractivity contribution is 5.93. The summed E-state index contributed by atoms with van der Waals surface area (Å²) in [7, 11) is 0. The fourth-order valence-electron chi connectivity index (χ4n) is 2.52. The van der Waals surface area contributed by atoms with E-state index in [1.54, 1.807) is 18.5 Å². The average Bonchev–Trinajstić information content (AvgIpc) is 2.79. The van der Waals surface area contributed by atoms with Gasteiger partial charge < -0.3 is 0 Å². The monoisotopic (exact) mass is 235 g/mol. The summed E-state index contributed by atoms with van der Waals surface area (Å²) in [6, 6.07) is 0. The average molecular weight is 235 g/mol. The number of aromatic nitrogens is 3. The molecule has 1 aliphatic carbocycles. The van der Waals surface area contributed by atoms with Crippen LogP contribution in [0.4, 0.5) is 0 Å². The molecule has 0 saturated heterocycles. The second-order valence-corrected chi connectivity index (χ2v) is 4.72. The smallest absolute Gasteiger partial charge is 0.134 e. The van der Waals surface area contributed by atoms with Gasteiger partial charge in [0.15, 0.2) is 0 Å². The van der Waals surface area contributed by atoms with E-state index >= 15 is 0 Å². The number of hydrogen-bond acceptors (Lipinski definition) is 4. The molecule has 5 heteroatoms. The number of carbonyl (C=O) groups excluding carboxylic acids is 2. The summed E-state index contributed by atoms with van der Waals surface area (Å²) in [5, 5.41) is 8.00. The number of carbonyl (C=O) groups is 2. The van der Waals surface area contributed by atoms with E-state index in [9.17, 15) is 9.59 Å². The maximum atomic E-state index is 11.4.